The van der Waals surface area contributed by atoms with E-state index in [1.54, 1.807) is 35.2 Å². The van der Waals surface area contributed by atoms with Gasteiger partial charge < -0.3 is 10.0 Å². The van der Waals surface area contributed by atoms with Gasteiger partial charge in [0.15, 0.2) is 6.29 Å². The monoisotopic (exact) mass is 333 g/mol. The molecule has 2 aromatic rings. The first-order valence-corrected chi connectivity index (χ1v) is 8.31. The van der Waals surface area contributed by atoms with Crippen LogP contribution < -0.4 is 0 Å². The fourth-order valence-corrected chi connectivity index (χ4v) is 2.80. The highest BCUT2D eigenvalue weighted by Crippen LogP contribution is 2.14. The number of piperidine rings is 1. The van der Waals surface area contributed by atoms with Gasteiger partial charge in [-0.2, -0.15) is 0 Å². The molecule has 0 atom stereocenters. The number of carbonyl (C=O) groups excluding carboxylic acids is 2. The van der Waals surface area contributed by atoms with Crippen LogP contribution in [0.15, 0.2) is 48.5 Å². The molecule has 4 heteroatoms. The van der Waals surface area contributed by atoms with Crippen LogP contribution in [0.1, 0.15) is 44.7 Å². The van der Waals surface area contributed by atoms with Crippen LogP contribution in [-0.2, 0) is 0 Å². The molecule has 2 aromatic carbocycles. The van der Waals surface area contributed by atoms with Gasteiger partial charge in [0.25, 0.3) is 5.91 Å². The lowest BCUT2D eigenvalue weighted by molar-refractivity contribution is 0.0546. The summed E-state index contributed by atoms with van der Waals surface area (Å²) in [5.74, 6) is 6.00. The molecule has 4 nitrogen and oxygen atoms in total. The molecule has 1 aliphatic heterocycles. The van der Waals surface area contributed by atoms with E-state index in [9.17, 15) is 14.7 Å². The van der Waals surface area contributed by atoms with Gasteiger partial charge in [0.05, 0.1) is 6.10 Å². The van der Waals surface area contributed by atoms with E-state index in [2.05, 4.69) is 11.8 Å². The Bertz CT molecular complexity index is 822. The third kappa shape index (κ3) is 4.14. The topological polar surface area (TPSA) is 57.6 Å². The van der Waals surface area contributed by atoms with Crippen molar-refractivity contribution in [3.05, 3.63) is 70.8 Å². The minimum absolute atomic E-state index is 0.0160. The zero-order chi connectivity index (χ0) is 17.6. The summed E-state index contributed by atoms with van der Waals surface area (Å²) >= 11 is 0. The van der Waals surface area contributed by atoms with Crippen LogP contribution in [0.3, 0.4) is 0 Å². The fraction of sp³-hybridized carbons (Fsp3) is 0.238. The molecule has 3 rings (SSSR count). The average molecular weight is 333 g/mol. The van der Waals surface area contributed by atoms with E-state index >= 15 is 0 Å². The summed E-state index contributed by atoms with van der Waals surface area (Å²) in [4.78, 5) is 25.2. The molecule has 1 heterocycles. The number of rotatable bonds is 2. The number of aliphatic hydroxyl groups is 1. The van der Waals surface area contributed by atoms with Gasteiger partial charge in [-0.25, -0.2) is 0 Å². The highest BCUT2D eigenvalue weighted by Gasteiger charge is 2.22. The molecule has 126 valence electrons. The molecule has 1 fully saturated rings. The summed E-state index contributed by atoms with van der Waals surface area (Å²) in [5, 5.41) is 9.53. The molecular formula is C21H19NO3. The molecular weight excluding hydrogens is 314 g/mol. The zero-order valence-corrected chi connectivity index (χ0v) is 13.8. The molecule has 1 N–H and O–H groups in total. The van der Waals surface area contributed by atoms with Crippen molar-refractivity contribution in [2.75, 3.05) is 13.1 Å². The Morgan fingerprint density at radius 1 is 1.04 bits per heavy atom. The van der Waals surface area contributed by atoms with E-state index < -0.39 is 0 Å². The smallest absolute Gasteiger partial charge is 0.253 e. The molecule has 0 radical (unpaired) electrons. The van der Waals surface area contributed by atoms with Gasteiger partial charge in [-0.1, -0.05) is 30.0 Å². The number of likely N-dealkylation sites (tertiary alicyclic amines) is 1. The standard InChI is InChI=1S/C21H19NO3/c23-15-19-4-2-1-3-17(19)8-5-16-6-9-18(10-7-16)21(25)22-13-11-20(24)12-14-22/h1-4,6-7,9-10,15,20,24H,11-14H2. The van der Waals surface area contributed by atoms with Crippen LogP contribution in [0.2, 0.25) is 0 Å². The number of benzene rings is 2. The first kappa shape index (κ1) is 16.9. The molecule has 0 aromatic heterocycles. The van der Waals surface area contributed by atoms with Crippen LogP contribution in [0, 0.1) is 11.8 Å². The summed E-state index contributed by atoms with van der Waals surface area (Å²) in [7, 11) is 0. The lowest BCUT2D eigenvalue weighted by Gasteiger charge is -2.29. The van der Waals surface area contributed by atoms with Crippen molar-refractivity contribution in [1.82, 2.24) is 4.90 Å². The van der Waals surface area contributed by atoms with E-state index in [0.717, 1.165) is 11.8 Å². The molecule has 1 saturated heterocycles. The van der Waals surface area contributed by atoms with Gasteiger partial charge in [-0.3, -0.25) is 9.59 Å². The Hall–Kier alpha value is -2.90. The highest BCUT2D eigenvalue weighted by atomic mass is 16.3. The Morgan fingerprint density at radius 2 is 1.72 bits per heavy atom. The van der Waals surface area contributed by atoms with Crippen molar-refractivity contribution in [2.45, 2.75) is 18.9 Å². The van der Waals surface area contributed by atoms with Crippen LogP contribution in [0.4, 0.5) is 0 Å². The SMILES string of the molecule is O=Cc1ccccc1C#Cc1ccc(C(=O)N2CCC(O)CC2)cc1. The summed E-state index contributed by atoms with van der Waals surface area (Å²) in [6, 6.07) is 14.3. The number of aliphatic hydroxyl groups excluding tert-OH is 1. The Labute approximate surface area is 147 Å². The number of amides is 1. The van der Waals surface area contributed by atoms with Crippen molar-refractivity contribution < 1.29 is 14.7 Å². The first-order chi connectivity index (χ1) is 12.2. The van der Waals surface area contributed by atoms with Crippen molar-refractivity contribution >= 4 is 12.2 Å². The number of nitrogens with zero attached hydrogens (tertiary/aromatic N) is 1. The van der Waals surface area contributed by atoms with Gasteiger partial charge in [-0.15, -0.1) is 0 Å². The largest absolute Gasteiger partial charge is 0.393 e. The lowest BCUT2D eigenvalue weighted by atomic mass is 10.1. The minimum Gasteiger partial charge on any atom is -0.393 e. The van der Waals surface area contributed by atoms with Crippen molar-refractivity contribution in [3.63, 3.8) is 0 Å². The van der Waals surface area contributed by atoms with Gasteiger partial charge in [0.2, 0.25) is 0 Å². The maximum Gasteiger partial charge on any atom is 0.253 e. The quantitative estimate of drug-likeness (QED) is 0.679. The molecule has 0 spiro atoms. The molecule has 0 unspecified atom stereocenters. The van der Waals surface area contributed by atoms with Crippen LogP contribution in [0.5, 0.6) is 0 Å². The summed E-state index contributed by atoms with van der Waals surface area (Å²) in [5.41, 5.74) is 2.65. The zero-order valence-electron chi connectivity index (χ0n) is 13.8. The predicted octanol–water partition coefficient (Wildman–Crippen LogP) is 2.50. The van der Waals surface area contributed by atoms with Crippen molar-refractivity contribution in [2.24, 2.45) is 0 Å². The molecule has 1 amide bonds. The van der Waals surface area contributed by atoms with Gasteiger partial charge in [0.1, 0.15) is 0 Å². The van der Waals surface area contributed by atoms with Crippen molar-refractivity contribution in [3.8, 4) is 11.8 Å². The summed E-state index contributed by atoms with van der Waals surface area (Å²) in [6.07, 6.45) is 1.76. The molecule has 1 aliphatic rings. The normalized spacial score (nSPS) is 14.5. The molecule has 0 saturated carbocycles. The number of carbonyl (C=O) groups is 2. The van der Waals surface area contributed by atoms with Gasteiger partial charge >= 0.3 is 0 Å². The number of aldehydes is 1. The Balaban J connectivity index is 1.72. The van der Waals surface area contributed by atoms with E-state index in [4.69, 9.17) is 0 Å². The number of hydrogen-bond donors (Lipinski definition) is 1. The van der Waals surface area contributed by atoms with Gasteiger partial charge in [-0.05, 0) is 43.2 Å². The second-order valence-corrected chi connectivity index (χ2v) is 6.06. The average Bonchev–Trinajstić information content (AvgIpc) is 2.67. The third-order valence-corrected chi connectivity index (χ3v) is 4.31. The highest BCUT2D eigenvalue weighted by molar-refractivity contribution is 5.94. The third-order valence-electron chi connectivity index (χ3n) is 4.31. The fourth-order valence-electron chi connectivity index (χ4n) is 2.80. The number of hydrogen-bond acceptors (Lipinski definition) is 3. The van der Waals surface area contributed by atoms with E-state index in [1.807, 2.05) is 18.2 Å². The maximum absolute atomic E-state index is 12.4. The lowest BCUT2D eigenvalue weighted by Crippen LogP contribution is -2.40. The first-order valence-electron chi connectivity index (χ1n) is 8.31. The van der Waals surface area contributed by atoms with Crippen LogP contribution in [-0.4, -0.2) is 41.4 Å². The Morgan fingerprint density at radius 3 is 2.40 bits per heavy atom. The van der Waals surface area contributed by atoms with E-state index in [1.165, 1.54) is 0 Å². The molecule has 0 aliphatic carbocycles. The van der Waals surface area contributed by atoms with Crippen LogP contribution in [0.25, 0.3) is 0 Å². The second-order valence-electron chi connectivity index (χ2n) is 6.06. The van der Waals surface area contributed by atoms with Crippen LogP contribution >= 0.6 is 0 Å². The van der Waals surface area contributed by atoms with Gasteiger partial charge in [0, 0.05) is 35.3 Å². The Kier molecular flexibility index (Phi) is 5.27. The van der Waals surface area contributed by atoms with Crippen molar-refractivity contribution in [1.29, 1.82) is 0 Å². The predicted molar refractivity (Wildman–Crippen MR) is 95.4 cm³/mol. The summed E-state index contributed by atoms with van der Waals surface area (Å²) in [6.45, 7) is 1.17. The van der Waals surface area contributed by atoms with E-state index in [-0.39, 0.29) is 12.0 Å². The maximum atomic E-state index is 12.4. The molecule has 25 heavy (non-hydrogen) atoms. The second kappa shape index (κ2) is 7.78. The minimum atomic E-state index is -0.295. The van der Waals surface area contributed by atoms with E-state index in [0.29, 0.717) is 42.6 Å². The summed E-state index contributed by atoms with van der Waals surface area (Å²) < 4.78 is 0. The molecule has 0 bridgehead atoms.